The molecule has 3 unspecified atom stereocenters. The van der Waals surface area contributed by atoms with Gasteiger partial charge in [0.25, 0.3) is 0 Å². The molecule has 0 aromatic heterocycles. The van der Waals surface area contributed by atoms with Crippen LogP contribution in [0.25, 0.3) is 0 Å². The molecule has 13 heteroatoms. The molecule has 0 aliphatic carbocycles. The molecule has 0 bridgehead atoms. The Morgan fingerprint density at radius 1 is 1.07 bits per heavy atom. The van der Waals surface area contributed by atoms with E-state index in [1.54, 1.807) is 6.26 Å². The van der Waals surface area contributed by atoms with Crippen LogP contribution < -0.4 is 21.7 Å². The fraction of sp³-hybridized carbons (Fsp3) is 0.643. The molecule has 0 aliphatic heterocycles. The third-order valence-corrected chi connectivity index (χ3v) is 4.22. The van der Waals surface area contributed by atoms with Gasteiger partial charge in [0.1, 0.15) is 12.1 Å². The summed E-state index contributed by atoms with van der Waals surface area (Å²) in [7, 11) is 0. The second-order valence-corrected chi connectivity index (χ2v) is 6.76. The van der Waals surface area contributed by atoms with Gasteiger partial charge >= 0.3 is 11.9 Å². The standard InChI is InChI=1S/C14H24N4O7S2/c1-27-3-2-8(14(24)25)17-10(19)5-16-13(23)9(6-26)18-12(22)7(15)4-11(20)21/h7-9,26H,2-6,15H2,1H3,(H,16,23)(H,17,19)(H,18,22)(H,20,21)(H,24,25). The van der Waals surface area contributed by atoms with E-state index in [1.165, 1.54) is 11.8 Å². The van der Waals surface area contributed by atoms with Crippen LogP contribution in [0.2, 0.25) is 0 Å². The monoisotopic (exact) mass is 424 g/mol. The maximum Gasteiger partial charge on any atom is 0.326 e. The van der Waals surface area contributed by atoms with Gasteiger partial charge in [-0.15, -0.1) is 0 Å². The van der Waals surface area contributed by atoms with Crippen LogP contribution in [0.15, 0.2) is 0 Å². The molecule has 154 valence electrons. The van der Waals surface area contributed by atoms with Gasteiger partial charge in [-0.2, -0.15) is 24.4 Å². The Bertz CT molecular complexity index is 562. The van der Waals surface area contributed by atoms with Crippen molar-refractivity contribution in [1.29, 1.82) is 0 Å². The molecule has 7 N–H and O–H groups in total. The first-order valence-corrected chi connectivity index (χ1v) is 9.82. The van der Waals surface area contributed by atoms with Crippen molar-refractivity contribution >= 4 is 54.1 Å². The van der Waals surface area contributed by atoms with Crippen LogP contribution in [0, 0.1) is 0 Å². The fourth-order valence-electron chi connectivity index (χ4n) is 1.78. The van der Waals surface area contributed by atoms with E-state index in [-0.39, 0.29) is 12.2 Å². The second kappa shape index (κ2) is 13.2. The molecule has 0 aromatic rings. The average Bonchev–Trinajstić information content (AvgIpc) is 2.59. The van der Waals surface area contributed by atoms with Gasteiger partial charge in [-0.25, -0.2) is 4.79 Å². The number of rotatable bonds is 13. The summed E-state index contributed by atoms with van der Waals surface area (Å²) in [6.45, 7) is -0.497. The van der Waals surface area contributed by atoms with Crippen molar-refractivity contribution in [3.05, 3.63) is 0 Å². The average molecular weight is 425 g/mol. The Labute approximate surface area is 165 Å². The number of thiol groups is 1. The summed E-state index contributed by atoms with van der Waals surface area (Å²) in [5.74, 6) is -4.33. The molecule has 0 spiro atoms. The van der Waals surface area contributed by atoms with Gasteiger partial charge in [0.05, 0.1) is 19.0 Å². The van der Waals surface area contributed by atoms with E-state index < -0.39 is 60.8 Å². The van der Waals surface area contributed by atoms with E-state index in [0.29, 0.717) is 5.75 Å². The number of aliphatic carboxylic acids is 2. The van der Waals surface area contributed by atoms with Crippen molar-refractivity contribution < 1.29 is 34.2 Å². The Kier molecular flexibility index (Phi) is 12.2. The largest absolute Gasteiger partial charge is 0.481 e. The predicted molar refractivity (Wildman–Crippen MR) is 102 cm³/mol. The molecule has 0 rings (SSSR count). The van der Waals surface area contributed by atoms with Crippen LogP contribution in [0.1, 0.15) is 12.8 Å². The summed E-state index contributed by atoms with van der Waals surface area (Å²) in [6, 6.07) is -3.55. The summed E-state index contributed by atoms with van der Waals surface area (Å²) in [4.78, 5) is 57.2. The minimum Gasteiger partial charge on any atom is -0.481 e. The SMILES string of the molecule is CSCCC(NC(=O)CNC(=O)C(CS)NC(=O)C(N)CC(=O)O)C(=O)O. The summed E-state index contributed by atoms with van der Waals surface area (Å²) in [5.41, 5.74) is 5.40. The molecule has 0 fully saturated rings. The van der Waals surface area contributed by atoms with Crippen molar-refractivity contribution in [2.24, 2.45) is 5.73 Å². The van der Waals surface area contributed by atoms with Gasteiger partial charge < -0.3 is 31.9 Å². The van der Waals surface area contributed by atoms with Crippen molar-refractivity contribution in [2.75, 3.05) is 24.3 Å². The topological polar surface area (TPSA) is 188 Å². The molecule has 0 aromatic carbocycles. The molecule has 0 heterocycles. The molecule has 0 saturated heterocycles. The van der Waals surface area contributed by atoms with Crippen molar-refractivity contribution in [1.82, 2.24) is 16.0 Å². The number of nitrogens with one attached hydrogen (secondary N) is 3. The zero-order chi connectivity index (χ0) is 21.0. The maximum atomic E-state index is 12.0. The van der Waals surface area contributed by atoms with Crippen LogP contribution in [-0.4, -0.2) is 82.3 Å². The Morgan fingerprint density at radius 3 is 2.19 bits per heavy atom. The van der Waals surface area contributed by atoms with Crippen molar-refractivity contribution in [2.45, 2.75) is 31.0 Å². The van der Waals surface area contributed by atoms with E-state index in [1.807, 2.05) is 0 Å². The van der Waals surface area contributed by atoms with E-state index in [2.05, 4.69) is 28.6 Å². The van der Waals surface area contributed by atoms with E-state index in [9.17, 15) is 24.0 Å². The lowest BCUT2D eigenvalue weighted by atomic mass is 10.2. The molecule has 3 atom stereocenters. The third kappa shape index (κ3) is 10.7. The van der Waals surface area contributed by atoms with Gasteiger partial charge in [-0.1, -0.05) is 0 Å². The first-order valence-electron chi connectivity index (χ1n) is 7.79. The molecule has 3 amide bonds. The number of amides is 3. The van der Waals surface area contributed by atoms with Crippen LogP contribution in [0.4, 0.5) is 0 Å². The van der Waals surface area contributed by atoms with Crippen LogP contribution in [0.3, 0.4) is 0 Å². The number of nitrogens with two attached hydrogens (primary N) is 1. The predicted octanol–water partition coefficient (Wildman–Crippen LogP) is -2.36. The highest BCUT2D eigenvalue weighted by atomic mass is 32.2. The van der Waals surface area contributed by atoms with Gasteiger partial charge in [0.2, 0.25) is 17.7 Å². The lowest BCUT2D eigenvalue weighted by Gasteiger charge is -2.19. The first kappa shape index (κ1) is 25.0. The third-order valence-electron chi connectivity index (χ3n) is 3.21. The van der Waals surface area contributed by atoms with E-state index >= 15 is 0 Å². The number of carboxylic acids is 2. The smallest absolute Gasteiger partial charge is 0.326 e. The van der Waals surface area contributed by atoms with E-state index in [4.69, 9.17) is 15.9 Å². The van der Waals surface area contributed by atoms with Crippen molar-refractivity contribution in [3.8, 4) is 0 Å². The zero-order valence-corrected chi connectivity index (χ0v) is 16.3. The van der Waals surface area contributed by atoms with Crippen molar-refractivity contribution in [3.63, 3.8) is 0 Å². The fourth-order valence-corrected chi connectivity index (χ4v) is 2.51. The maximum absolute atomic E-state index is 12.0. The van der Waals surface area contributed by atoms with Gasteiger partial charge in [-0.05, 0) is 18.4 Å². The highest BCUT2D eigenvalue weighted by molar-refractivity contribution is 7.98. The number of thioether (sulfide) groups is 1. The highest BCUT2D eigenvalue weighted by Gasteiger charge is 2.25. The summed E-state index contributed by atoms with van der Waals surface area (Å²) in [5, 5.41) is 24.4. The van der Waals surface area contributed by atoms with E-state index in [0.717, 1.165) is 0 Å². The molecule has 11 nitrogen and oxygen atoms in total. The number of carbonyl (C=O) groups is 5. The quantitative estimate of drug-likeness (QED) is 0.159. The number of hydrogen-bond donors (Lipinski definition) is 7. The lowest BCUT2D eigenvalue weighted by Crippen LogP contribution is -2.54. The van der Waals surface area contributed by atoms with Crippen LogP contribution >= 0.6 is 24.4 Å². The number of carbonyl (C=O) groups excluding carboxylic acids is 3. The Hall–Kier alpha value is -1.99. The first-order chi connectivity index (χ1) is 12.6. The van der Waals surface area contributed by atoms with Gasteiger partial charge in [0.15, 0.2) is 0 Å². The van der Waals surface area contributed by atoms with Crippen LogP contribution in [0.5, 0.6) is 0 Å². The second-order valence-electron chi connectivity index (χ2n) is 5.41. The molecule has 0 radical (unpaired) electrons. The molecule has 27 heavy (non-hydrogen) atoms. The zero-order valence-electron chi connectivity index (χ0n) is 14.6. The molecule has 0 aliphatic rings. The summed E-state index contributed by atoms with van der Waals surface area (Å²) in [6.07, 6.45) is 1.42. The Balaban J connectivity index is 4.54. The molecular weight excluding hydrogens is 400 g/mol. The molecule has 0 saturated carbocycles. The minimum atomic E-state index is -1.34. The summed E-state index contributed by atoms with van der Waals surface area (Å²) >= 11 is 5.35. The van der Waals surface area contributed by atoms with Crippen LogP contribution in [-0.2, 0) is 24.0 Å². The number of carboxylic acid groups (broad SMARTS) is 2. The van der Waals surface area contributed by atoms with Gasteiger partial charge in [0, 0.05) is 5.75 Å². The molecular formula is C14H24N4O7S2. The Morgan fingerprint density at radius 2 is 1.70 bits per heavy atom. The highest BCUT2D eigenvalue weighted by Crippen LogP contribution is 2.01. The normalized spacial score (nSPS) is 13.7. The number of hydrogen-bond acceptors (Lipinski definition) is 8. The minimum absolute atomic E-state index is 0.121. The van der Waals surface area contributed by atoms with Gasteiger partial charge in [-0.3, -0.25) is 19.2 Å². The lowest BCUT2D eigenvalue weighted by molar-refractivity contribution is -0.141. The summed E-state index contributed by atoms with van der Waals surface area (Å²) < 4.78 is 0.